The molecular formula is C15H19Cl3O. The summed E-state index contributed by atoms with van der Waals surface area (Å²) in [6.07, 6.45) is 2.89. The monoisotopic (exact) mass is 320 g/mol. The minimum Gasteiger partial charge on any atom is -0.459 e. The summed E-state index contributed by atoms with van der Waals surface area (Å²) in [5.41, 5.74) is 1.46. The Kier molecular flexibility index (Phi) is 6.52. The lowest BCUT2D eigenvalue weighted by Crippen LogP contribution is -2.24. The van der Waals surface area contributed by atoms with Crippen molar-refractivity contribution in [2.45, 2.75) is 40.0 Å². The van der Waals surface area contributed by atoms with Gasteiger partial charge >= 0.3 is 0 Å². The van der Waals surface area contributed by atoms with Gasteiger partial charge in [0.05, 0.1) is 5.02 Å². The van der Waals surface area contributed by atoms with E-state index in [-0.39, 0.29) is 5.41 Å². The van der Waals surface area contributed by atoms with E-state index >= 15 is 0 Å². The van der Waals surface area contributed by atoms with E-state index in [4.69, 9.17) is 39.5 Å². The van der Waals surface area contributed by atoms with E-state index in [0.29, 0.717) is 15.8 Å². The Morgan fingerprint density at radius 1 is 1.16 bits per heavy atom. The molecule has 0 fully saturated rings. The second kappa shape index (κ2) is 7.42. The van der Waals surface area contributed by atoms with Crippen LogP contribution in [0.3, 0.4) is 0 Å². The van der Waals surface area contributed by atoms with E-state index in [1.165, 1.54) is 5.54 Å². The van der Waals surface area contributed by atoms with Crippen molar-refractivity contribution in [1.29, 1.82) is 0 Å². The van der Waals surface area contributed by atoms with Crippen molar-refractivity contribution in [3.05, 3.63) is 39.5 Å². The second-order valence-electron chi connectivity index (χ2n) is 4.49. The van der Waals surface area contributed by atoms with Gasteiger partial charge in [-0.25, -0.2) is 0 Å². The zero-order valence-electron chi connectivity index (χ0n) is 11.5. The van der Waals surface area contributed by atoms with Crippen molar-refractivity contribution < 1.29 is 4.74 Å². The SMILES string of the molecule is CCC(CC)(CC)C(=CCl)Oc1ccc(Cl)cc1Cl. The van der Waals surface area contributed by atoms with Gasteiger partial charge in [0, 0.05) is 16.0 Å². The third-order valence-electron chi connectivity index (χ3n) is 3.77. The summed E-state index contributed by atoms with van der Waals surface area (Å²) in [5.74, 6) is 1.34. The Morgan fingerprint density at radius 2 is 1.74 bits per heavy atom. The normalized spacial score (nSPS) is 12.6. The van der Waals surface area contributed by atoms with Crippen molar-refractivity contribution in [3.63, 3.8) is 0 Å². The fourth-order valence-electron chi connectivity index (χ4n) is 2.20. The molecule has 0 saturated heterocycles. The molecule has 1 aromatic carbocycles. The maximum atomic E-state index is 6.13. The van der Waals surface area contributed by atoms with Crippen LogP contribution in [0.15, 0.2) is 29.5 Å². The Morgan fingerprint density at radius 3 is 2.16 bits per heavy atom. The van der Waals surface area contributed by atoms with Gasteiger partial charge in [0.25, 0.3) is 0 Å². The molecule has 0 atom stereocenters. The van der Waals surface area contributed by atoms with Crippen molar-refractivity contribution in [1.82, 2.24) is 0 Å². The van der Waals surface area contributed by atoms with Gasteiger partial charge in [-0.3, -0.25) is 0 Å². The smallest absolute Gasteiger partial charge is 0.145 e. The lowest BCUT2D eigenvalue weighted by atomic mass is 9.78. The first-order chi connectivity index (χ1) is 9.02. The van der Waals surface area contributed by atoms with Crippen LogP contribution in [0.4, 0.5) is 0 Å². The van der Waals surface area contributed by atoms with E-state index in [0.717, 1.165) is 25.0 Å². The highest BCUT2D eigenvalue weighted by molar-refractivity contribution is 6.35. The molecule has 0 N–H and O–H groups in total. The first-order valence-electron chi connectivity index (χ1n) is 6.46. The van der Waals surface area contributed by atoms with Crippen LogP contribution in [0.1, 0.15) is 40.0 Å². The van der Waals surface area contributed by atoms with Crippen molar-refractivity contribution in [2.75, 3.05) is 0 Å². The number of rotatable bonds is 6. The largest absolute Gasteiger partial charge is 0.459 e. The lowest BCUT2D eigenvalue weighted by Gasteiger charge is -2.32. The quantitative estimate of drug-likeness (QED) is 0.532. The maximum Gasteiger partial charge on any atom is 0.145 e. The lowest BCUT2D eigenvalue weighted by molar-refractivity contribution is 0.209. The molecule has 0 aliphatic carbocycles. The fraction of sp³-hybridized carbons (Fsp3) is 0.467. The number of hydrogen-bond acceptors (Lipinski definition) is 1. The standard InChI is InChI=1S/C15H19Cl3O/c1-4-15(5-2,6-3)14(10-16)19-13-8-7-11(17)9-12(13)18/h7-10H,4-6H2,1-3H3. The molecule has 0 spiro atoms. The van der Waals surface area contributed by atoms with Crippen LogP contribution in [-0.2, 0) is 0 Å². The molecule has 0 amide bonds. The van der Waals surface area contributed by atoms with Gasteiger partial charge < -0.3 is 4.74 Å². The molecule has 0 unspecified atom stereocenters. The van der Waals surface area contributed by atoms with Gasteiger partial charge in [-0.05, 0) is 37.5 Å². The van der Waals surface area contributed by atoms with Gasteiger partial charge in [0.15, 0.2) is 0 Å². The van der Waals surface area contributed by atoms with E-state index in [9.17, 15) is 0 Å². The van der Waals surface area contributed by atoms with Gasteiger partial charge in [-0.2, -0.15) is 0 Å². The molecule has 1 aromatic rings. The molecule has 4 heteroatoms. The van der Waals surface area contributed by atoms with E-state index in [2.05, 4.69) is 20.8 Å². The Balaban J connectivity index is 3.06. The third-order valence-corrected chi connectivity index (χ3v) is 4.49. The summed E-state index contributed by atoms with van der Waals surface area (Å²) < 4.78 is 5.93. The predicted octanol–water partition coefficient (Wildman–Crippen LogP) is 6.67. The summed E-state index contributed by atoms with van der Waals surface area (Å²) in [4.78, 5) is 0. The molecule has 0 heterocycles. The van der Waals surface area contributed by atoms with Crippen molar-refractivity contribution >= 4 is 34.8 Å². The summed E-state index contributed by atoms with van der Waals surface area (Å²) in [7, 11) is 0. The minimum absolute atomic E-state index is 0.0509. The van der Waals surface area contributed by atoms with E-state index in [1.54, 1.807) is 18.2 Å². The maximum absolute atomic E-state index is 6.13. The second-order valence-corrected chi connectivity index (χ2v) is 5.55. The molecule has 0 saturated carbocycles. The average Bonchev–Trinajstić information content (AvgIpc) is 2.42. The zero-order chi connectivity index (χ0) is 14.5. The molecule has 19 heavy (non-hydrogen) atoms. The van der Waals surface area contributed by atoms with Gasteiger partial charge in [0.1, 0.15) is 11.5 Å². The Labute approximate surface area is 130 Å². The minimum atomic E-state index is -0.0509. The highest BCUT2D eigenvalue weighted by Crippen LogP contribution is 2.41. The number of halogens is 3. The molecular weight excluding hydrogens is 303 g/mol. The Hall–Kier alpha value is -0.370. The van der Waals surface area contributed by atoms with Gasteiger partial charge in [-0.15, -0.1) is 0 Å². The molecule has 1 rings (SSSR count). The summed E-state index contributed by atoms with van der Waals surface area (Å²) in [6.45, 7) is 6.42. The average molecular weight is 322 g/mol. The fourth-order valence-corrected chi connectivity index (χ4v) is 2.92. The molecule has 0 bridgehead atoms. The first-order valence-corrected chi connectivity index (χ1v) is 7.66. The third kappa shape index (κ3) is 3.81. The van der Waals surface area contributed by atoms with E-state index < -0.39 is 0 Å². The summed E-state index contributed by atoms with van der Waals surface area (Å²) in [6, 6.07) is 5.17. The number of benzene rings is 1. The molecule has 106 valence electrons. The highest BCUT2D eigenvalue weighted by Gasteiger charge is 2.31. The molecule has 0 radical (unpaired) electrons. The highest BCUT2D eigenvalue weighted by atomic mass is 35.5. The molecule has 1 nitrogen and oxygen atoms in total. The predicted molar refractivity (Wildman–Crippen MR) is 84.3 cm³/mol. The summed E-state index contributed by atoms with van der Waals surface area (Å²) >= 11 is 18.0. The van der Waals surface area contributed by atoms with Crippen LogP contribution >= 0.6 is 34.8 Å². The van der Waals surface area contributed by atoms with Crippen LogP contribution < -0.4 is 4.74 Å². The van der Waals surface area contributed by atoms with Gasteiger partial charge in [0.2, 0.25) is 0 Å². The number of hydrogen-bond donors (Lipinski definition) is 0. The van der Waals surface area contributed by atoms with Crippen LogP contribution in [-0.4, -0.2) is 0 Å². The van der Waals surface area contributed by atoms with Crippen LogP contribution in [0.5, 0.6) is 5.75 Å². The van der Waals surface area contributed by atoms with Crippen LogP contribution in [0.25, 0.3) is 0 Å². The molecule has 0 aliphatic heterocycles. The first kappa shape index (κ1) is 16.7. The van der Waals surface area contributed by atoms with E-state index in [1.807, 2.05) is 0 Å². The number of ether oxygens (including phenoxy) is 1. The van der Waals surface area contributed by atoms with Crippen LogP contribution in [0, 0.1) is 5.41 Å². The topological polar surface area (TPSA) is 9.23 Å². The molecule has 0 aliphatic rings. The Bertz CT molecular complexity index is 442. The van der Waals surface area contributed by atoms with Crippen molar-refractivity contribution in [2.24, 2.45) is 5.41 Å². The molecule has 0 aromatic heterocycles. The number of allylic oxidation sites excluding steroid dienone is 1. The summed E-state index contributed by atoms with van der Waals surface area (Å²) in [5, 5.41) is 1.07. The van der Waals surface area contributed by atoms with Gasteiger partial charge in [-0.1, -0.05) is 55.6 Å². The zero-order valence-corrected chi connectivity index (χ0v) is 13.7. The van der Waals surface area contributed by atoms with Crippen LogP contribution in [0.2, 0.25) is 10.0 Å². The van der Waals surface area contributed by atoms with Crippen molar-refractivity contribution in [3.8, 4) is 5.75 Å².